The Bertz CT molecular complexity index is 579. The molecule has 0 aliphatic rings. The monoisotopic (exact) mass is 343 g/mol. The lowest BCUT2D eigenvalue weighted by atomic mass is 10.1. The van der Waals surface area contributed by atoms with E-state index in [1.807, 2.05) is 0 Å². The van der Waals surface area contributed by atoms with Crippen LogP contribution < -0.4 is 10.5 Å². The summed E-state index contributed by atoms with van der Waals surface area (Å²) in [5.74, 6) is 0.134. The number of hydrogen-bond donors (Lipinski definition) is 1. The minimum Gasteiger partial charge on any atom is -0.483 e. The number of benzene rings is 2. The van der Waals surface area contributed by atoms with Crippen LogP contribution in [0, 0.1) is 5.82 Å². The van der Waals surface area contributed by atoms with Crippen LogP contribution in [0.3, 0.4) is 0 Å². The van der Waals surface area contributed by atoms with Gasteiger partial charge in [-0.05, 0) is 24.3 Å². The van der Waals surface area contributed by atoms with E-state index in [4.69, 9.17) is 22.1 Å². The summed E-state index contributed by atoms with van der Waals surface area (Å²) in [6.07, 6.45) is -0.570. The molecule has 1 unspecified atom stereocenters. The Morgan fingerprint density at radius 1 is 1.26 bits per heavy atom. The molecule has 0 aliphatic heterocycles. The highest BCUT2D eigenvalue weighted by atomic mass is 79.9. The molecule has 0 spiro atoms. The Balaban J connectivity index is 2.27. The molecule has 19 heavy (non-hydrogen) atoms. The lowest BCUT2D eigenvalue weighted by Gasteiger charge is -2.19. The van der Waals surface area contributed by atoms with E-state index < -0.39 is 6.10 Å². The van der Waals surface area contributed by atoms with Crippen molar-refractivity contribution in [3.8, 4) is 5.75 Å². The SMILES string of the molecule is NCC(Oc1ccc(Br)cc1Cl)c1ccccc1F. The first kappa shape index (κ1) is 14.3. The average molecular weight is 345 g/mol. The second kappa shape index (κ2) is 6.37. The fourth-order valence-electron chi connectivity index (χ4n) is 1.70. The molecular formula is C14H12BrClFNO. The van der Waals surface area contributed by atoms with E-state index in [1.165, 1.54) is 6.07 Å². The van der Waals surface area contributed by atoms with Gasteiger partial charge in [0.25, 0.3) is 0 Å². The van der Waals surface area contributed by atoms with Gasteiger partial charge in [0, 0.05) is 16.6 Å². The molecule has 2 nitrogen and oxygen atoms in total. The molecule has 0 bridgehead atoms. The maximum absolute atomic E-state index is 13.7. The summed E-state index contributed by atoms with van der Waals surface area (Å²) in [5.41, 5.74) is 6.08. The van der Waals surface area contributed by atoms with Gasteiger partial charge in [0.1, 0.15) is 17.7 Å². The van der Waals surface area contributed by atoms with Crippen molar-refractivity contribution in [2.24, 2.45) is 5.73 Å². The highest BCUT2D eigenvalue weighted by Crippen LogP contribution is 2.31. The lowest BCUT2D eigenvalue weighted by Crippen LogP contribution is -2.19. The van der Waals surface area contributed by atoms with E-state index in [0.717, 1.165) is 4.47 Å². The van der Waals surface area contributed by atoms with Crippen LogP contribution in [0.15, 0.2) is 46.9 Å². The van der Waals surface area contributed by atoms with Crippen LogP contribution in [0.25, 0.3) is 0 Å². The van der Waals surface area contributed by atoms with Crippen LogP contribution in [0.4, 0.5) is 4.39 Å². The molecule has 0 amide bonds. The van der Waals surface area contributed by atoms with Crippen LogP contribution in [-0.2, 0) is 0 Å². The molecule has 0 radical (unpaired) electrons. The van der Waals surface area contributed by atoms with Crippen molar-refractivity contribution in [2.75, 3.05) is 6.54 Å². The van der Waals surface area contributed by atoms with Crippen LogP contribution >= 0.6 is 27.5 Å². The summed E-state index contributed by atoms with van der Waals surface area (Å²) in [4.78, 5) is 0. The first-order valence-corrected chi connectivity index (χ1v) is 6.85. The van der Waals surface area contributed by atoms with Gasteiger partial charge in [-0.2, -0.15) is 0 Å². The molecule has 0 fully saturated rings. The van der Waals surface area contributed by atoms with E-state index in [9.17, 15) is 4.39 Å². The summed E-state index contributed by atoms with van der Waals surface area (Å²) < 4.78 is 20.3. The van der Waals surface area contributed by atoms with Gasteiger partial charge < -0.3 is 10.5 Å². The maximum atomic E-state index is 13.7. The fourth-order valence-corrected chi connectivity index (χ4v) is 2.42. The predicted molar refractivity (Wildman–Crippen MR) is 78.0 cm³/mol. The van der Waals surface area contributed by atoms with E-state index in [-0.39, 0.29) is 12.4 Å². The Hall–Kier alpha value is -1.10. The number of rotatable bonds is 4. The van der Waals surface area contributed by atoms with E-state index >= 15 is 0 Å². The largest absolute Gasteiger partial charge is 0.483 e. The molecule has 0 heterocycles. The lowest BCUT2D eigenvalue weighted by molar-refractivity contribution is 0.209. The van der Waals surface area contributed by atoms with Gasteiger partial charge >= 0.3 is 0 Å². The fraction of sp³-hybridized carbons (Fsp3) is 0.143. The summed E-state index contributed by atoms with van der Waals surface area (Å²) in [6.45, 7) is 0.160. The third kappa shape index (κ3) is 3.47. The summed E-state index contributed by atoms with van der Waals surface area (Å²) in [5, 5.41) is 0.448. The van der Waals surface area contributed by atoms with Crippen molar-refractivity contribution in [3.05, 3.63) is 63.3 Å². The molecular weight excluding hydrogens is 333 g/mol. The van der Waals surface area contributed by atoms with Gasteiger partial charge in [0.2, 0.25) is 0 Å². The Morgan fingerprint density at radius 2 is 2.00 bits per heavy atom. The summed E-state index contributed by atoms with van der Waals surface area (Å²) >= 11 is 9.38. The van der Waals surface area contributed by atoms with Crippen molar-refractivity contribution in [1.29, 1.82) is 0 Å². The van der Waals surface area contributed by atoms with Crippen molar-refractivity contribution in [3.63, 3.8) is 0 Å². The Kier molecular flexibility index (Phi) is 4.80. The van der Waals surface area contributed by atoms with Crippen LogP contribution in [0.5, 0.6) is 5.75 Å². The predicted octanol–water partition coefficient (Wildman–Crippen LogP) is 4.32. The summed E-state index contributed by atoms with van der Waals surface area (Å²) in [6, 6.07) is 11.6. The first-order valence-electron chi connectivity index (χ1n) is 5.68. The van der Waals surface area contributed by atoms with Crippen LogP contribution in [0.1, 0.15) is 11.7 Å². The average Bonchev–Trinajstić information content (AvgIpc) is 2.39. The topological polar surface area (TPSA) is 35.2 Å². The molecule has 5 heteroatoms. The van der Waals surface area contributed by atoms with Crippen molar-refractivity contribution in [2.45, 2.75) is 6.10 Å². The zero-order valence-corrected chi connectivity index (χ0v) is 12.3. The summed E-state index contributed by atoms with van der Waals surface area (Å²) in [7, 11) is 0. The van der Waals surface area contributed by atoms with Gasteiger partial charge in [0.05, 0.1) is 5.02 Å². The van der Waals surface area contributed by atoms with Gasteiger partial charge in [0.15, 0.2) is 0 Å². The molecule has 2 N–H and O–H groups in total. The maximum Gasteiger partial charge on any atom is 0.139 e. The van der Waals surface area contributed by atoms with Gasteiger partial charge in [-0.25, -0.2) is 4.39 Å². The first-order chi connectivity index (χ1) is 9.11. The van der Waals surface area contributed by atoms with Gasteiger partial charge in [-0.3, -0.25) is 0 Å². The van der Waals surface area contributed by atoms with Crippen molar-refractivity contribution >= 4 is 27.5 Å². The second-order valence-corrected chi connectivity index (χ2v) is 5.26. The zero-order valence-electron chi connectivity index (χ0n) is 9.95. The molecule has 2 aromatic carbocycles. The third-order valence-corrected chi connectivity index (χ3v) is 3.42. The smallest absolute Gasteiger partial charge is 0.139 e. The third-order valence-electron chi connectivity index (χ3n) is 2.63. The molecule has 1 atom stereocenters. The number of hydrogen-bond acceptors (Lipinski definition) is 2. The Labute approximate surface area is 124 Å². The van der Waals surface area contributed by atoms with Crippen molar-refractivity contribution < 1.29 is 9.13 Å². The normalized spacial score (nSPS) is 12.2. The van der Waals surface area contributed by atoms with E-state index in [0.29, 0.717) is 16.3 Å². The molecule has 100 valence electrons. The standard InChI is InChI=1S/C14H12BrClFNO/c15-9-5-6-13(11(16)7-9)19-14(8-18)10-3-1-2-4-12(10)17/h1-7,14H,8,18H2. The molecule has 0 saturated heterocycles. The quantitative estimate of drug-likeness (QED) is 0.896. The molecule has 2 aromatic rings. The van der Waals surface area contributed by atoms with Gasteiger partial charge in [-0.1, -0.05) is 45.7 Å². The molecule has 0 aliphatic carbocycles. The van der Waals surface area contributed by atoms with Crippen molar-refractivity contribution in [1.82, 2.24) is 0 Å². The zero-order chi connectivity index (χ0) is 13.8. The highest BCUT2D eigenvalue weighted by molar-refractivity contribution is 9.10. The number of ether oxygens (including phenoxy) is 1. The van der Waals surface area contributed by atoms with E-state index in [2.05, 4.69) is 15.9 Å². The Morgan fingerprint density at radius 3 is 2.63 bits per heavy atom. The van der Waals surface area contributed by atoms with Gasteiger partial charge in [-0.15, -0.1) is 0 Å². The highest BCUT2D eigenvalue weighted by Gasteiger charge is 2.17. The minimum absolute atomic E-state index is 0.160. The second-order valence-electron chi connectivity index (χ2n) is 3.94. The molecule has 0 aromatic heterocycles. The van der Waals surface area contributed by atoms with Crippen LogP contribution in [0.2, 0.25) is 5.02 Å². The number of halogens is 3. The molecule has 0 saturated carbocycles. The number of nitrogens with two attached hydrogens (primary N) is 1. The minimum atomic E-state index is -0.570. The molecule has 2 rings (SSSR count). The van der Waals surface area contributed by atoms with Crippen LogP contribution in [-0.4, -0.2) is 6.54 Å². The van der Waals surface area contributed by atoms with E-state index in [1.54, 1.807) is 36.4 Å².